The molecule has 0 bridgehead atoms. The Morgan fingerprint density at radius 3 is 2.94 bits per heavy atom. The third-order valence-electron chi connectivity index (χ3n) is 2.12. The number of aromatic nitrogens is 3. The molecule has 0 saturated carbocycles. The van der Waals surface area contributed by atoms with Gasteiger partial charge in [-0.15, -0.1) is 11.3 Å². The van der Waals surface area contributed by atoms with E-state index in [1.165, 1.54) is 11.2 Å². The Kier molecular flexibility index (Phi) is 3.75. The van der Waals surface area contributed by atoms with Crippen molar-refractivity contribution in [2.24, 2.45) is 0 Å². The summed E-state index contributed by atoms with van der Waals surface area (Å²) in [5, 5.41) is 4.57. The molecule has 0 aliphatic rings. The first kappa shape index (κ1) is 12.1. The zero-order valence-corrected chi connectivity index (χ0v) is 10.8. The minimum absolute atomic E-state index is 0.286. The van der Waals surface area contributed by atoms with Crippen molar-refractivity contribution < 1.29 is 0 Å². The van der Waals surface area contributed by atoms with Gasteiger partial charge in [-0.1, -0.05) is 11.6 Å². The monoisotopic (exact) mass is 269 g/mol. The number of thiazole rings is 1. The quantitative estimate of drug-likeness (QED) is 0.889. The highest BCUT2D eigenvalue weighted by Gasteiger charge is 2.06. The van der Waals surface area contributed by atoms with Crippen LogP contribution < -0.4 is 11.1 Å². The molecule has 0 aliphatic carbocycles. The fraction of sp³-hybridized carbons (Fsp3) is 0.300. The summed E-state index contributed by atoms with van der Waals surface area (Å²) in [4.78, 5) is 13.3. The van der Waals surface area contributed by atoms with Crippen LogP contribution in [-0.4, -0.2) is 21.5 Å². The van der Waals surface area contributed by atoms with E-state index in [2.05, 4.69) is 20.3 Å². The summed E-state index contributed by atoms with van der Waals surface area (Å²) in [6, 6.07) is 0. The maximum absolute atomic E-state index is 5.95. The molecule has 0 aliphatic heterocycles. The second-order valence-corrected chi connectivity index (χ2v) is 5.16. The van der Waals surface area contributed by atoms with Crippen LogP contribution in [0, 0.1) is 6.92 Å². The van der Waals surface area contributed by atoms with E-state index in [1.54, 1.807) is 11.3 Å². The van der Waals surface area contributed by atoms with E-state index in [0.29, 0.717) is 17.4 Å². The molecule has 5 nitrogen and oxygen atoms in total. The molecule has 3 N–H and O–H groups in total. The maximum atomic E-state index is 5.95. The highest BCUT2D eigenvalue weighted by Crippen LogP contribution is 2.23. The summed E-state index contributed by atoms with van der Waals surface area (Å²) < 4.78 is 0. The van der Waals surface area contributed by atoms with Gasteiger partial charge in [-0.2, -0.15) is 0 Å². The summed E-state index contributed by atoms with van der Waals surface area (Å²) in [7, 11) is 0. The number of aryl methyl sites for hydroxylation is 1. The molecular formula is C10H12ClN5S. The Balaban J connectivity index is 1.92. The van der Waals surface area contributed by atoms with Crippen molar-refractivity contribution in [1.29, 1.82) is 0 Å². The third-order valence-corrected chi connectivity index (χ3v) is 3.46. The van der Waals surface area contributed by atoms with Crippen molar-refractivity contribution in [3.8, 4) is 0 Å². The van der Waals surface area contributed by atoms with Gasteiger partial charge in [-0.05, 0) is 6.92 Å². The molecule has 2 aromatic rings. The second-order valence-electron chi connectivity index (χ2n) is 3.46. The van der Waals surface area contributed by atoms with E-state index in [4.69, 9.17) is 17.3 Å². The molecule has 0 spiro atoms. The van der Waals surface area contributed by atoms with E-state index in [1.807, 2.05) is 13.1 Å². The van der Waals surface area contributed by atoms with Crippen LogP contribution in [0.4, 0.5) is 11.6 Å². The fourth-order valence-electron chi connectivity index (χ4n) is 1.31. The third kappa shape index (κ3) is 3.04. The lowest BCUT2D eigenvalue weighted by atomic mass is 10.4. The average molecular weight is 270 g/mol. The van der Waals surface area contributed by atoms with Crippen LogP contribution in [0.1, 0.15) is 9.88 Å². The Hall–Kier alpha value is -1.40. The van der Waals surface area contributed by atoms with Gasteiger partial charge in [0, 0.05) is 24.0 Å². The number of hydrogen-bond donors (Lipinski definition) is 2. The Morgan fingerprint density at radius 2 is 2.24 bits per heavy atom. The highest BCUT2D eigenvalue weighted by atomic mass is 35.5. The fourth-order valence-corrected chi connectivity index (χ4v) is 2.26. The standard InChI is InChI=1S/C10H12ClN5S/c1-6-4-14-7(17-6)2-3-13-10-8(11)9(12)15-5-16-10/h4-5H,2-3H2,1H3,(H3,12,13,15,16). The topological polar surface area (TPSA) is 76.7 Å². The molecule has 2 heterocycles. The van der Waals surface area contributed by atoms with Crippen LogP contribution in [0.25, 0.3) is 0 Å². The summed E-state index contributed by atoms with van der Waals surface area (Å²) in [6.45, 7) is 2.75. The SMILES string of the molecule is Cc1cnc(CCNc2ncnc(N)c2Cl)s1. The lowest BCUT2D eigenvalue weighted by molar-refractivity contribution is 0.983. The molecule has 0 amide bonds. The molecule has 0 radical (unpaired) electrons. The van der Waals surface area contributed by atoms with Crippen molar-refractivity contribution in [3.63, 3.8) is 0 Å². The Morgan fingerprint density at radius 1 is 1.41 bits per heavy atom. The summed E-state index contributed by atoms with van der Waals surface area (Å²) in [6.07, 6.45) is 4.09. The van der Waals surface area contributed by atoms with Crippen LogP contribution in [0.15, 0.2) is 12.5 Å². The average Bonchev–Trinajstić information content (AvgIpc) is 2.70. The number of anilines is 2. The van der Waals surface area contributed by atoms with Crippen molar-refractivity contribution in [3.05, 3.63) is 27.4 Å². The molecule has 2 rings (SSSR count). The van der Waals surface area contributed by atoms with E-state index in [9.17, 15) is 0 Å². The highest BCUT2D eigenvalue weighted by molar-refractivity contribution is 7.11. The van der Waals surface area contributed by atoms with Gasteiger partial charge in [0.05, 0.1) is 5.01 Å². The summed E-state index contributed by atoms with van der Waals surface area (Å²) in [5.74, 6) is 0.849. The van der Waals surface area contributed by atoms with Gasteiger partial charge >= 0.3 is 0 Å². The van der Waals surface area contributed by atoms with Gasteiger partial charge in [0.15, 0.2) is 0 Å². The van der Waals surface area contributed by atoms with Crippen LogP contribution in [-0.2, 0) is 6.42 Å². The van der Waals surface area contributed by atoms with Gasteiger partial charge < -0.3 is 11.1 Å². The largest absolute Gasteiger partial charge is 0.382 e. The molecule has 0 fully saturated rings. The van der Waals surface area contributed by atoms with Crippen LogP contribution in [0.3, 0.4) is 0 Å². The van der Waals surface area contributed by atoms with Crippen molar-refractivity contribution in [2.45, 2.75) is 13.3 Å². The molecule has 2 aromatic heterocycles. The van der Waals surface area contributed by atoms with Crippen molar-refractivity contribution >= 4 is 34.6 Å². The van der Waals surface area contributed by atoms with Gasteiger partial charge in [0.25, 0.3) is 0 Å². The van der Waals surface area contributed by atoms with Crippen molar-refractivity contribution in [1.82, 2.24) is 15.0 Å². The first-order valence-corrected chi connectivity index (χ1v) is 6.27. The van der Waals surface area contributed by atoms with E-state index < -0.39 is 0 Å². The van der Waals surface area contributed by atoms with Gasteiger partial charge in [0.2, 0.25) is 0 Å². The first-order chi connectivity index (χ1) is 8.16. The number of rotatable bonds is 4. The number of nitrogens with zero attached hydrogens (tertiary/aromatic N) is 3. The number of nitrogen functional groups attached to an aromatic ring is 1. The normalized spacial score (nSPS) is 10.5. The maximum Gasteiger partial charge on any atom is 0.150 e. The predicted molar refractivity (Wildman–Crippen MR) is 70.5 cm³/mol. The van der Waals surface area contributed by atoms with E-state index >= 15 is 0 Å². The van der Waals surface area contributed by atoms with E-state index in [0.717, 1.165) is 11.4 Å². The van der Waals surface area contributed by atoms with Crippen LogP contribution in [0.2, 0.25) is 5.02 Å². The molecule has 7 heteroatoms. The number of halogens is 1. The lowest BCUT2D eigenvalue weighted by Crippen LogP contribution is -2.08. The second kappa shape index (κ2) is 5.29. The van der Waals surface area contributed by atoms with Gasteiger partial charge in [-0.25, -0.2) is 15.0 Å². The molecule has 0 aromatic carbocycles. The van der Waals surface area contributed by atoms with Gasteiger partial charge in [0.1, 0.15) is 23.0 Å². The van der Waals surface area contributed by atoms with Crippen LogP contribution in [0.5, 0.6) is 0 Å². The minimum atomic E-state index is 0.286. The zero-order chi connectivity index (χ0) is 12.3. The predicted octanol–water partition coefficient (Wildman–Crippen LogP) is 2.13. The van der Waals surface area contributed by atoms with E-state index in [-0.39, 0.29) is 5.82 Å². The number of nitrogens with one attached hydrogen (secondary N) is 1. The molecule has 0 atom stereocenters. The van der Waals surface area contributed by atoms with Gasteiger partial charge in [-0.3, -0.25) is 0 Å². The first-order valence-electron chi connectivity index (χ1n) is 5.08. The van der Waals surface area contributed by atoms with Crippen LogP contribution >= 0.6 is 22.9 Å². The summed E-state index contributed by atoms with van der Waals surface area (Å²) in [5.41, 5.74) is 5.57. The summed E-state index contributed by atoms with van der Waals surface area (Å²) >= 11 is 7.64. The Labute approximate surface area is 108 Å². The number of hydrogen-bond acceptors (Lipinski definition) is 6. The molecule has 0 unspecified atom stereocenters. The molecule has 90 valence electrons. The Bertz CT molecular complexity index is 513. The molecule has 0 saturated heterocycles. The smallest absolute Gasteiger partial charge is 0.150 e. The number of nitrogens with two attached hydrogens (primary N) is 1. The lowest BCUT2D eigenvalue weighted by Gasteiger charge is -2.06. The zero-order valence-electron chi connectivity index (χ0n) is 9.27. The molecule has 17 heavy (non-hydrogen) atoms. The minimum Gasteiger partial charge on any atom is -0.382 e. The van der Waals surface area contributed by atoms with Crippen molar-refractivity contribution in [2.75, 3.05) is 17.6 Å². The molecular weight excluding hydrogens is 258 g/mol.